The van der Waals surface area contributed by atoms with Gasteiger partial charge in [0.15, 0.2) is 0 Å². The molecular weight excluding hydrogens is 495 g/mol. The maximum atomic E-state index is 9.24. The summed E-state index contributed by atoms with van der Waals surface area (Å²) in [6.07, 6.45) is 9.19. The third kappa shape index (κ3) is 8.07. The molecule has 0 bridgehead atoms. The maximum Gasteiger partial charge on any atom is 0.128 e. The molecule has 4 heterocycles. The van der Waals surface area contributed by atoms with Gasteiger partial charge in [-0.1, -0.05) is 12.1 Å². The summed E-state index contributed by atoms with van der Waals surface area (Å²) in [6, 6.07) is 15.5. The summed E-state index contributed by atoms with van der Waals surface area (Å²) in [5.74, 6) is 2.11. The number of alkyl halides is 1. The molecule has 0 aliphatic carbocycles. The second kappa shape index (κ2) is 15.0. The molecule has 0 saturated carbocycles. The molecule has 2 fully saturated rings. The molecule has 2 saturated heterocycles. The van der Waals surface area contributed by atoms with Crippen LogP contribution < -0.4 is 4.74 Å². The Hall–Kier alpha value is -2.38. The summed E-state index contributed by atoms with van der Waals surface area (Å²) in [5.41, 5.74) is 2.11. The van der Waals surface area contributed by atoms with Crippen molar-refractivity contribution in [2.24, 2.45) is 0 Å². The molecule has 2 aliphatic heterocycles. The first-order valence-electron chi connectivity index (χ1n) is 12.7. The van der Waals surface area contributed by atoms with Crippen LogP contribution in [0.25, 0.3) is 21.8 Å². The molecule has 2 aliphatic rings. The number of aromatic hydroxyl groups is 1. The van der Waals surface area contributed by atoms with Crippen molar-refractivity contribution in [3.63, 3.8) is 0 Å². The molecule has 4 aromatic rings. The van der Waals surface area contributed by atoms with Crippen molar-refractivity contribution in [1.82, 2.24) is 19.8 Å². The van der Waals surface area contributed by atoms with Crippen molar-refractivity contribution in [3.05, 3.63) is 60.9 Å². The summed E-state index contributed by atoms with van der Waals surface area (Å²) in [4.78, 5) is 11.1. The molecule has 36 heavy (non-hydrogen) atoms. The zero-order chi connectivity index (χ0) is 24.3. The Bertz CT molecular complexity index is 1150. The number of phenols is 1. The van der Waals surface area contributed by atoms with E-state index in [0.29, 0.717) is 5.75 Å². The number of nitrogens with one attached hydrogen (secondary N) is 2. The normalized spacial score (nSPS) is 15.7. The molecule has 6 nitrogen and oxygen atoms in total. The molecule has 0 amide bonds. The maximum absolute atomic E-state index is 9.24. The lowest BCUT2D eigenvalue weighted by Crippen LogP contribution is -2.25. The smallest absolute Gasteiger partial charge is 0.128 e. The van der Waals surface area contributed by atoms with Gasteiger partial charge in [-0.15, -0.1) is 24.0 Å². The monoisotopic (exact) mass is 532 g/mol. The van der Waals surface area contributed by atoms with E-state index in [1.165, 1.54) is 57.2 Å². The molecule has 2 aromatic heterocycles. The van der Waals surface area contributed by atoms with E-state index in [1.807, 2.05) is 42.7 Å². The first kappa shape index (κ1) is 28.2. The van der Waals surface area contributed by atoms with Crippen molar-refractivity contribution in [1.29, 1.82) is 0 Å². The van der Waals surface area contributed by atoms with E-state index in [-0.39, 0.29) is 12.4 Å². The summed E-state index contributed by atoms with van der Waals surface area (Å²) < 4.78 is 5.88. The third-order valence-corrected chi connectivity index (χ3v) is 6.76. The van der Waals surface area contributed by atoms with Crippen molar-refractivity contribution in [3.8, 4) is 11.5 Å². The van der Waals surface area contributed by atoms with Gasteiger partial charge in [0.05, 0.1) is 0 Å². The van der Waals surface area contributed by atoms with Gasteiger partial charge in [-0.05, 0) is 88.3 Å². The van der Waals surface area contributed by atoms with E-state index >= 15 is 0 Å². The van der Waals surface area contributed by atoms with Crippen LogP contribution in [0.3, 0.4) is 0 Å². The number of phenolic OH excluding ortho intramolecular Hbond substituents is 1. The summed E-state index contributed by atoms with van der Waals surface area (Å²) in [7, 11) is 0. The number of likely N-dealkylation sites (tertiary alicyclic amines) is 2. The zero-order valence-corrected chi connectivity index (χ0v) is 22.4. The molecule has 196 valence electrons. The van der Waals surface area contributed by atoms with Crippen LogP contribution in [0.1, 0.15) is 25.7 Å². The van der Waals surface area contributed by atoms with Crippen LogP contribution in [0.15, 0.2) is 60.9 Å². The van der Waals surface area contributed by atoms with Crippen molar-refractivity contribution >= 4 is 45.8 Å². The number of hydrogen-bond acceptors (Lipinski definition) is 4. The van der Waals surface area contributed by atoms with Crippen LogP contribution in [-0.2, 0) is 0 Å². The Morgan fingerprint density at radius 2 is 1.31 bits per heavy atom. The van der Waals surface area contributed by atoms with E-state index in [2.05, 4.69) is 31.9 Å². The molecule has 0 spiro atoms. The molecule has 0 unspecified atom stereocenters. The Morgan fingerprint density at radius 1 is 0.750 bits per heavy atom. The van der Waals surface area contributed by atoms with Gasteiger partial charge in [0.2, 0.25) is 0 Å². The van der Waals surface area contributed by atoms with Crippen molar-refractivity contribution in [2.45, 2.75) is 25.7 Å². The van der Waals surface area contributed by atoms with Crippen LogP contribution in [0.2, 0.25) is 0 Å². The number of rotatable bonds is 6. The number of aromatic nitrogens is 2. The molecule has 0 atom stereocenters. The highest BCUT2D eigenvalue weighted by Crippen LogP contribution is 2.24. The van der Waals surface area contributed by atoms with Crippen LogP contribution in [0.5, 0.6) is 11.5 Å². The van der Waals surface area contributed by atoms with Crippen LogP contribution >= 0.6 is 24.0 Å². The molecule has 8 heteroatoms. The molecule has 2 aromatic carbocycles. The Balaban J connectivity index is 0.000000162. The molecule has 3 N–H and O–H groups in total. The van der Waals surface area contributed by atoms with Gasteiger partial charge in [0, 0.05) is 53.2 Å². The number of halogens is 2. The predicted molar refractivity (Wildman–Crippen MR) is 153 cm³/mol. The quantitative estimate of drug-likeness (QED) is 0.256. The van der Waals surface area contributed by atoms with E-state index in [0.717, 1.165) is 47.7 Å². The standard InChI is InChI=1S/C14H18N2O.C8H7NO.C6H12ClN.ClH/c1-2-9-16(8-1)10-11-17-14-5-3-4-13-12(14)6-7-15-13;10-8-3-1-2-7-6(8)4-5-9-7;7-3-6-8-4-1-2-5-8;/h3-7,15H,1-2,8-11H2;1-5,9-10H;1-6H2;1H. The largest absolute Gasteiger partial charge is 0.507 e. The van der Waals surface area contributed by atoms with Crippen LogP contribution in [0.4, 0.5) is 0 Å². The zero-order valence-electron chi connectivity index (χ0n) is 20.8. The number of benzene rings is 2. The van der Waals surface area contributed by atoms with E-state index < -0.39 is 0 Å². The minimum atomic E-state index is 0. The van der Waals surface area contributed by atoms with E-state index in [1.54, 1.807) is 6.07 Å². The highest BCUT2D eigenvalue weighted by atomic mass is 35.5. The van der Waals surface area contributed by atoms with Crippen LogP contribution in [0, 0.1) is 0 Å². The number of aromatic amines is 2. The van der Waals surface area contributed by atoms with E-state index in [9.17, 15) is 5.11 Å². The van der Waals surface area contributed by atoms with Gasteiger partial charge in [0.1, 0.15) is 18.1 Å². The molecule has 0 radical (unpaired) electrons. The fourth-order valence-electron chi connectivity index (χ4n) is 4.67. The lowest BCUT2D eigenvalue weighted by molar-refractivity contribution is 0.239. The number of H-pyrrole nitrogens is 2. The second-order valence-electron chi connectivity index (χ2n) is 9.05. The van der Waals surface area contributed by atoms with Gasteiger partial charge in [-0.25, -0.2) is 0 Å². The fourth-order valence-corrected chi connectivity index (χ4v) is 4.91. The highest BCUT2D eigenvalue weighted by Gasteiger charge is 2.11. The number of fused-ring (bicyclic) bond motifs is 2. The summed E-state index contributed by atoms with van der Waals surface area (Å²) >= 11 is 5.54. The molecular formula is C28H38Cl2N4O2. The topological polar surface area (TPSA) is 67.5 Å². The van der Waals surface area contributed by atoms with Crippen molar-refractivity contribution in [2.75, 3.05) is 51.8 Å². The lowest BCUT2D eigenvalue weighted by Gasteiger charge is -2.15. The Labute approximate surface area is 225 Å². The first-order valence-corrected chi connectivity index (χ1v) is 13.2. The minimum Gasteiger partial charge on any atom is -0.507 e. The fraction of sp³-hybridized carbons (Fsp3) is 0.429. The third-order valence-electron chi connectivity index (χ3n) is 6.59. The average Bonchev–Trinajstić information content (AvgIpc) is 3.69. The van der Waals surface area contributed by atoms with Crippen LogP contribution in [-0.4, -0.2) is 76.6 Å². The van der Waals surface area contributed by atoms with Gasteiger partial charge in [-0.2, -0.15) is 0 Å². The van der Waals surface area contributed by atoms with Crippen molar-refractivity contribution < 1.29 is 9.84 Å². The van der Waals surface area contributed by atoms with Gasteiger partial charge < -0.3 is 24.7 Å². The SMILES string of the molecule is Cl.ClCCN1CCCC1.Oc1cccc2[nH]ccc12.c1cc(OCCN2CCCC2)c2cc[nH]c2c1. The van der Waals surface area contributed by atoms with Gasteiger partial charge in [-0.3, -0.25) is 4.90 Å². The predicted octanol–water partition coefficient (Wildman–Crippen LogP) is 6.26. The number of nitrogens with zero attached hydrogens (tertiary/aromatic N) is 2. The van der Waals surface area contributed by atoms with E-state index in [4.69, 9.17) is 16.3 Å². The summed E-state index contributed by atoms with van der Waals surface area (Å²) in [5, 5.41) is 11.3. The Morgan fingerprint density at radius 3 is 1.92 bits per heavy atom. The highest BCUT2D eigenvalue weighted by molar-refractivity contribution is 6.18. The number of hydrogen-bond donors (Lipinski definition) is 3. The van der Waals surface area contributed by atoms with Gasteiger partial charge >= 0.3 is 0 Å². The minimum absolute atomic E-state index is 0. The summed E-state index contributed by atoms with van der Waals surface area (Å²) in [6.45, 7) is 7.92. The molecule has 6 rings (SSSR count). The second-order valence-corrected chi connectivity index (χ2v) is 9.42. The Kier molecular flexibility index (Phi) is 11.8. The lowest BCUT2D eigenvalue weighted by atomic mass is 10.2. The van der Waals surface area contributed by atoms with Gasteiger partial charge in [0.25, 0.3) is 0 Å². The number of ether oxygens (including phenoxy) is 1. The average molecular weight is 534 g/mol. The first-order chi connectivity index (χ1) is 17.2.